The smallest absolute Gasteiger partial charge is 0.0345 e. The number of unbranched alkanes of at least 4 members (excludes halogenated alkanes) is 10. The summed E-state index contributed by atoms with van der Waals surface area (Å²) >= 11 is 3.79. The number of thiophene rings is 2. The fourth-order valence-electron chi connectivity index (χ4n) is 4.62. The molecule has 0 radical (unpaired) electrons. The minimum atomic E-state index is 1.20. The summed E-state index contributed by atoms with van der Waals surface area (Å²) in [7, 11) is 0. The van der Waals surface area contributed by atoms with Gasteiger partial charge in [0.2, 0.25) is 0 Å². The van der Waals surface area contributed by atoms with Crippen LogP contribution in [0.5, 0.6) is 0 Å². The van der Waals surface area contributed by atoms with Crippen LogP contribution in [0.15, 0.2) is 47.2 Å². The van der Waals surface area contributed by atoms with Crippen LogP contribution < -0.4 is 0 Å². The molecule has 0 amide bonds. The van der Waals surface area contributed by atoms with Crippen LogP contribution in [0.1, 0.15) is 102 Å². The van der Waals surface area contributed by atoms with Crippen LogP contribution in [0.25, 0.3) is 20.9 Å². The molecule has 0 aliphatic carbocycles. The molecule has 0 spiro atoms. The first kappa shape index (κ1) is 25.2. The number of rotatable bonds is 16. The molecular formula is C30H42S2. The van der Waals surface area contributed by atoms with Gasteiger partial charge in [-0.1, -0.05) is 90.2 Å². The lowest BCUT2D eigenvalue weighted by Gasteiger charge is -2.16. The highest BCUT2D eigenvalue weighted by molar-refractivity contribution is 7.13. The molecule has 2 aromatic heterocycles. The maximum Gasteiger partial charge on any atom is 0.0345 e. The highest BCUT2D eigenvalue weighted by atomic mass is 32.1. The quantitative estimate of drug-likeness (QED) is 0.184. The molecule has 0 atom stereocenters. The van der Waals surface area contributed by atoms with Crippen molar-refractivity contribution in [1.29, 1.82) is 0 Å². The largest absolute Gasteiger partial charge is 0.144 e. The third kappa shape index (κ3) is 7.89. The first-order valence-electron chi connectivity index (χ1n) is 13.1. The van der Waals surface area contributed by atoms with Crippen molar-refractivity contribution < 1.29 is 0 Å². The minimum Gasteiger partial charge on any atom is -0.144 e. The van der Waals surface area contributed by atoms with E-state index >= 15 is 0 Å². The number of aryl methyl sites for hydroxylation is 2. The predicted molar refractivity (Wildman–Crippen MR) is 147 cm³/mol. The van der Waals surface area contributed by atoms with E-state index in [1.165, 1.54) is 111 Å². The molecule has 174 valence electrons. The molecule has 3 aromatic rings. The number of hydrogen-bond acceptors (Lipinski definition) is 2. The summed E-state index contributed by atoms with van der Waals surface area (Å²) in [6.07, 6.45) is 18.7. The van der Waals surface area contributed by atoms with Gasteiger partial charge >= 0.3 is 0 Å². The van der Waals surface area contributed by atoms with Gasteiger partial charge in [-0.25, -0.2) is 0 Å². The van der Waals surface area contributed by atoms with E-state index in [0.717, 1.165) is 0 Å². The van der Waals surface area contributed by atoms with Gasteiger partial charge in [0.1, 0.15) is 0 Å². The second-order valence-corrected chi connectivity index (χ2v) is 11.1. The Bertz CT molecular complexity index is 785. The van der Waals surface area contributed by atoms with Crippen molar-refractivity contribution in [3.8, 4) is 20.9 Å². The molecule has 0 saturated carbocycles. The van der Waals surface area contributed by atoms with Gasteiger partial charge in [-0.2, -0.15) is 0 Å². The molecule has 0 bridgehead atoms. The topological polar surface area (TPSA) is 0 Å². The van der Waals surface area contributed by atoms with Crippen molar-refractivity contribution in [2.75, 3.05) is 0 Å². The molecule has 0 nitrogen and oxygen atoms in total. The minimum absolute atomic E-state index is 1.20. The average Bonchev–Trinajstić information content (AvgIpc) is 3.53. The molecule has 0 N–H and O–H groups in total. The normalized spacial score (nSPS) is 11.3. The van der Waals surface area contributed by atoms with Crippen LogP contribution in [0.4, 0.5) is 0 Å². The van der Waals surface area contributed by atoms with Crippen molar-refractivity contribution in [1.82, 2.24) is 0 Å². The Morgan fingerprint density at radius 2 is 0.938 bits per heavy atom. The van der Waals surface area contributed by atoms with Gasteiger partial charge in [-0.3, -0.25) is 0 Å². The molecule has 0 aliphatic heterocycles. The van der Waals surface area contributed by atoms with Crippen LogP contribution in [0, 0.1) is 0 Å². The summed E-state index contributed by atoms with van der Waals surface area (Å²) in [6.45, 7) is 4.60. The van der Waals surface area contributed by atoms with E-state index in [1.807, 2.05) is 22.7 Å². The van der Waals surface area contributed by atoms with Gasteiger partial charge < -0.3 is 0 Å². The Morgan fingerprint density at radius 3 is 1.31 bits per heavy atom. The third-order valence-corrected chi connectivity index (χ3v) is 8.31. The lowest BCUT2D eigenvalue weighted by molar-refractivity contribution is 0.606. The standard InChI is InChI=1S/C30H42S2/c1-3-5-7-9-11-13-17-25-23-28(30-20-16-22-32-30)26(18-14-12-10-8-6-4-2)24-27(25)29-19-15-21-31-29/h15-16,19-24H,3-14,17-18H2,1-2H3. The van der Waals surface area contributed by atoms with Gasteiger partial charge in [0, 0.05) is 9.75 Å². The van der Waals surface area contributed by atoms with Crippen molar-refractivity contribution >= 4 is 22.7 Å². The molecule has 2 heterocycles. The fourth-order valence-corrected chi connectivity index (χ4v) is 6.17. The maximum absolute atomic E-state index is 2.55. The van der Waals surface area contributed by atoms with Crippen molar-refractivity contribution in [3.05, 3.63) is 58.3 Å². The zero-order valence-electron chi connectivity index (χ0n) is 20.3. The molecule has 32 heavy (non-hydrogen) atoms. The molecule has 0 aliphatic rings. The van der Waals surface area contributed by atoms with Gasteiger partial charge in [-0.15, -0.1) is 22.7 Å². The second kappa shape index (κ2) is 14.7. The van der Waals surface area contributed by atoms with Gasteiger partial charge in [-0.05, 0) is 83.0 Å². The average molecular weight is 467 g/mol. The summed E-state index contributed by atoms with van der Waals surface area (Å²) in [5.74, 6) is 0. The molecule has 0 unspecified atom stereocenters. The van der Waals surface area contributed by atoms with Gasteiger partial charge in [0.25, 0.3) is 0 Å². The predicted octanol–water partition coefficient (Wildman–Crippen LogP) is 10.9. The highest BCUT2D eigenvalue weighted by Crippen LogP contribution is 2.37. The number of hydrogen-bond donors (Lipinski definition) is 0. The Labute approximate surface area is 205 Å². The number of benzene rings is 1. The van der Waals surface area contributed by atoms with Crippen LogP contribution in [-0.4, -0.2) is 0 Å². The van der Waals surface area contributed by atoms with E-state index in [-0.39, 0.29) is 0 Å². The molecular weight excluding hydrogens is 424 g/mol. The Balaban J connectivity index is 1.78. The molecule has 1 aromatic carbocycles. The van der Waals surface area contributed by atoms with E-state index in [9.17, 15) is 0 Å². The zero-order chi connectivity index (χ0) is 22.4. The summed E-state index contributed by atoms with van der Waals surface area (Å²) in [5, 5.41) is 4.45. The van der Waals surface area contributed by atoms with E-state index < -0.39 is 0 Å². The van der Waals surface area contributed by atoms with E-state index in [0.29, 0.717) is 0 Å². The highest BCUT2D eigenvalue weighted by Gasteiger charge is 2.14. The van der Waals surface area contributed by atoms with Crippen LogP contribution in [0.2, 0.25) is 0 Å². The van der Waals surface area contributed by atoms with E-state index in [2.05, 4.69) is 61.0 Å². The van der Waals surface area contributed by atoms with Crippen LogP contribution in [0.3, 0.4) is 0 Å². The van der Waals surface area contributed by atoms with E-state index in [4.69, 9.17) is 0 Å². The summed E-state index contributed by atoms with van der Waals surface area (Å²) in [6, 6.07) is 14.1. The first-order valence-corrected chi connectivity index (χ1v) is 14.8. The summed E-state index contributed by atoms with van der Waals surface area (Å²) < 4.78 is 0. The van der Waals surface area contributed by atoms with Crippen LogP contribution >= 0.6 is 22.7 Å². The molecule has 3 rings (SSSR count). The SMILES string of the molecule is CCCCCCCCc1cc(-c2cccs2)c(CCCCCCCC)cc1-c1cccs1. The summed E-state index contributed by atoms with van der Waals surface area (Å²) in [4.78, 5) is 2.88. The van der Waals surface area contributed by atoms with Gasteiger partial charge in [0.15, 0.2) is 0 Å². The molecule has 0 saturated heterocycles. The van der Waals surface area contributed by atoms with Crippen molar-refractivity contribution in [2.24, 2.45) is 0 Å². The van der Waals surface area contributed by atoms with Crippen LogP contribution in [-0.2, 0) is 12.8 Å². The second-order valence-electron chi connectivity index (χ2n) is 9.16. The Morgan fingerprint density at radius 1 is 0.531 bits per heavy atom. The van der Waals surface area contributed by atoms with Gasteiger partial charge in [0.05, 0.1) is 0 Å². The van der Waals surface area contributed by atoms with Crippen molar-refractivity contribution in [2.45, 2.75) is 104 Å². The Hall–Kier alpha value is -1.38. The lowest BCUT2D eigenvalue weighted by atomic mass is 9.91. The third-order valence-electron chi connectivity index (χ3n) is 6.50. The lowest BCUT2D eigenvalue weighted by Crippen LogP contribution is -1.97. The summed E-state index contributed by atoms with van der Waals surface area (Å²) in [5.41, 5.74) is 6.10. The fraction of sp³-hybridized carbons (Fsp3) is 0.533. The van der Waals surface area contributed by atoms with E-state index in [1.54, 1.807) is 11.1 Å². The van der Waals surface area contributed by atoms with Crippen molar-refractivity contribution in [3.63, 3.8) is 0 Å². The molecule has 2 heteroatoms. The Kier molecular flexibility index (Phi) is 11.6. The first-order chi connectivity index (χ1) is 15.8. The maximum atomic E-state index is 2.55. The monoisotopic (exact) mass is 466 g/mol. The zero-order valence-corrected chi connectivity index (χ0v) is 22.0. The molecule has 0 fully saturated rings.